The van der Waals surface area contributed by atoms with Crippen LogP contribution in [-0.2, 0) is 0 Å². The molecule has 0 atom stereocenters. The van der Waals surface area contributed by atoms with Crippen LogP contribution in [0.1, 0.15) is 23.9 Å². The Hall–Kier alpha value is -3.02. The second-order valence-corrected chi connectivity index (χ2v) is 5.28. The number of anilines is 1. The lowest BCUT2D eigenvalue weighted by atomic mass is 10.1. The van der Waals surface area contributed by atoms with Crippen LogP contribution in [0.25, 0.3) is 5.82 Å². The lowest BCUT2D eigenvalue weighted by Gasteiger charge is -2.06. The lowest BCUT2D eigenvalue weighted by molar-refractivity contribution is 0.801. The van der Waals surface area contributed by atoms with E-state index in [4.69, 9.17) is 0 Å². The highest BCUT2D eigenvalue weighted by molar-refractivity contribution is 5.98. The molecule has 6 nitrogen and oxygen atoms in total. The Morgan fingerprint density at radius 2 is 1.87 bits per heavy atom. The second kappa shape index (κ2) is 6.39. The monoisotopic (exact) mass is 306 g/mol. The van der Waals surface area contributed by atoms with Crippen LogP contribution in [0.2, 0.25) is 0 Å². The quantitative estimate of drug-likeness (QED) is 0.594. The first kappa shape index (κ1) is 14.9. The molecule has 2 heterocycles. The maximum Gasteiger partial charge on any atom is 0.159 e. The zero-order valence-corrected chi connectivity index (χ0v) is 13.4. The number of nitrogens with one attached hydrogen (secondary N) is 1. The number of rotatable bonds is 4. The average molecular weight is 306 g/mol. The zero-order chi connectivity index (χ0) is 16.2. The first-order valence-electron chi connectivity index (χ1n) is 7.35. The van der Waals surface area contributed by atoms with E-state index in [1.807, 2.05) is 63.2 Å². The van der Waals surface area contributed by atoms with Crippen LogP contribution in [0.4, 0.5) is 5.82 Å². The van der Waals surface area contributed by atoms with Crippen molar-refractivity contribution in [3.63, 3.8) is 0 Å². The summed E-state index contributed by atoms with van der Waals surface area (Å²) in [6, 6.07) is 13.8. The Morgan fingerprint density at radius 1 is 1.09 bits per heavy atom. The molecule has 0 amide bonds. The van der Waals surface area contributed by atoms with Gasteiger partial charge >= 0.3 is 0 Å². The highest BCUT2D eigenvalue weighted by atomic mass is 15.3. The Kier molecular flexibility index (Phi) is 4.14. The summed E-state index contributed by atoms with van der Waals surface area (Å²) in [4.78, 5) is 8.47. The van der Waals surface area contributed by atoms with E-state index in [0.717, 1.165) is 22.7 Å². The Bertz CT molecular complexity index is 835. The van der Waals surface area contributed by atoms with Gasteiger partial charge in [0.1, 0.15) is 6.33 Å². The Labute approximate surface area is 134 Å². The molecule has 0 aliphatic heterocycles. The fourth-order valence-corrected chi connectivity index (χ4v) is 2.27. The first-order valence-corrected chi connectivity index (χ1v) is 7.35. The maximum absolute atomic E-state index is 4.43. The molecule has 1 aromatic carbocycles. The molecular formula is C17H18N6. The molecule has 116 valence electrons. The Morgan fingerprint density at radius 3 is 2.57 bits per heavy atom. The smallest absolute Gasteiger partial charge is 0.159 e. The Balaban J connectivity index is 1.82. The fraction of sp³-hybridized carbons (Fsp3) is 0.176. The van der Waals surface area contributed by atoms with E-state index < -0.39 is 0 Å². The van der Waals surface area contributed by atoms with Crippen molar-refractivity contribution < 1.29 is 0 Å². The number of hydrazone groups is 1. The van der Waals surface area contributed by atoms with Crippen molar-refractivity contribution >= 4 is 11.5 Å². The topological polar surface area (TPSA) is 68.0 Å². The van der Waals surface area contributed by atoms with Crippen molar-refractivity contribution in [2.75, 3.05) is 5.43 Å². The van der Waals surface area contributed by atoms with Gasteiger partial charge in [-0.3, -0.25) is 5.43 Å². The van der Waals surface area contributed by atoms with Gasteiger partial charge in [0, 0.05) is 11.8 Å². The van der Waals surface area contributed by atoms with Gasteiger partial charge in [-0.2, -0.15) is 10.2 Å². The third-order valence-corrected chi connectivity index (χ3v) is 3.41. The molecule has 3 aromatic rings. The third-order valence-electron chi connectivity index (χ3n) is 3.41. The number of aromatic nitrogens is 4. The maximum atomic E-state index is 4.43. The standard InChI is InChI=1S/C17H18N6/c1-12-9-13(2)23(22-12)17-10-16(18-11-19-17)21-20-14(3)15-7-5-4-6-8-15/h4-11H,1-3H3,(H,18,19,21)/b20-14+. The van der Waals surface area contributed by atoms with Crippen LogP contribution in [-0.4, -0.2) is 25.5 Å². The molecule has 0 saturated carbocycles. The minimum absolute atomic E-state index is 0.623. The van der Waals surface area contributed by atoms with Crippen LogP contribution in [0.3, 0.4) is 0 Å². The zero-order valence-electron chi connectivity index (χ0n) is 13.4. The summed E-state index contributed by atoms with van der Waals surface area (Å²) in [5.74, 6) is 1.33. The van der Waals surface area contributed by atoms with Crippen molar-refractivity contribution in [2.24, 2.45) is 5.10 Å². The normalized spacial score (nSPS) is 11.5. The highest BCUT2D eigenvalue weighted by Gasteiger charge is 2.06. The summed E-state index contributed by atoms with van der Waals surface area (Å²) >= 11 is 0. The number of hydrogen-bond acceptors (Lipinski definition) is 5. The summed E-state index contributed by atoms with van der Waals surface area (Å²) in [6.07, 6.45) is 1.50. The van der Waals surface area contributed by atoms with Crippen molar-refractivity contribution in [2.45, 2.75) is 20.8 Å². The molecule has 0 aliphatic carbocycles. The van der Waals surface area contributed by atoms with Gasteiger partial charge in [0.25, 0.3) is 0 Å². The molecule has 0 unspecified atom stereocenters. The number of hydrogen-bond donors (Lipinski definition) is 1. The molecule has 1 N–H and O–H groups in total. The van der Waals surface area contributed by atoms with Gasteiger partial charge in [0.15, 0.2) is 11.6 Å². The van der Waals surface area contributed by atoms with Crippen LogP contribution >= 0.6 is 0 Å². The van der Waals surface area contributed by atoms with Gasteiger partial charge in [-0.25, -0.2) is 14.6 Å². The van der Waals surface area contributed by atoms with Crippen molar-refractivity contribution in [1.82, 2.24) is 19.7 Å². The summed E-state index contributed by atoms with van der Waals surface area (Å²) in [7, 11) is 0. The lowest BCUT2D eigenvalue weighted by Crippen LogP contribution is -2.05. The van der Waals surface area contributed by atoms with E-state index in [1.165, 1.54) is 6.33 Å². The summed E-state index contributed by atoms with van der Waals surface area (Å²) in [5, 5.41) is 8.80. The van der Waals surface area contributed by atoms with Gasteiger partial charge in [-0.05, 0) is 32.4 Å². The van der Waals surface area contributed by atoms with Crippen LogP contribution in [0.5, 0.6) is 0 Å². The van der Waals surface area contributed by atoms with E-state index in [1.54, 1.807) is 4.68 Å². The van der Waals surface area contributed by atoms with E-state index in [2.05, 4.69) is 25.6 Å². The summed E-state index contributed by atoms with van der Waals surface area (Å²) < 4.78 is 1.79. The minimum atomic E-state index is 0.623. The third kappa shape index (κ3) is 3.42. The van der Waals surface area contributed by atoms with Gasteiger partial charge in [-0.15, -0.1) is 0 Å². The predicted octanol–water partition coefficient (Wildman–Crippen LogP) is 3.12. The SMILES string of the molecule is C/C(=N\Nc1cc(-n2nc(C)cc2C)ncn1)c1ccccc1. The minimum Gasteiger partial charge on any atom is -0.261 e. The van der Waals surface area contributed by atoms with Crippen molar-refractivity contribution in [1.29, 1.82) is 0 Å². The molecule has 23 heavy (non-hydrogen) atoms. The van der Waals surface area contributed by atoms with Gasteiger partial charge in [0.05, 0.1) is 11.4 Å². The summed E-state index contributed by atoms with van der Waals surface area (Å²) in [5.41, 5.74) is 6.90. The van der Waals surface area contributed by atoms with Crippen LogP contribution in [0.15, 0.2) is 53.9 Å². The molecule has 0 aliphatic rings. The number of aryl methyl sites for hydroxylation is 2. The predicted molar refractivity (Wildman–Crippen MR) is 90.9 cm³/mol. The number of nitrogens with zero attached hydrogens (tertiary/aromatic N) is 5. The van der Waals surface area contributed by atoms with Crippen LogP contribution in [0, 0.1) is 13.8 Å². The van der Waals surface area contributed by atoms with E-state index in [9.17, 15) is 0 Å². The molecule has 0 fully saturated rings. The van der Waals surface area contributed by atoms with Gasteiger partial charge < -0.3 is 0 Å². The van der Waals surface area contributed by atoms with Crippen molar-refractivity contribution in [3.8, 4) is 5.82 Å². The molecular weight excluding hydrogens is 288 g/mol. The fourth-order valence-electron chi connectivity index (χ4n) is 2.27. The molecule has 0 spiro atoms. The largest absolute Gasteiger partial charge is 0.261 e. The van der Waals surface area contributed by atoms with Gasteiger partial charge in [-0.1, -0.05) is 30.3 Å². The molecule has 3 rings (SSSR count). The molecule has 2 aromatic heterocycles. The molecule has 0 radical (unpaired) electrons. The van der Waals surface area contributed by atoms with Crippen molar-refractivity contribution in [3.05, 3.63) is 65.7 Å². The molecule has 0 bridgehead atoms. The molecule has 0 saturated heterocycles. The highest BCUT2D eigenvalue weighted by Crippen LogP contribution is 2.12. The second-order valence-electron chi connectivity index (χ2n) is 5.28. The van der Waals surface area contributed by atoms with E-state index >= 15 is 0 Å². The average Bonchev–Trinajstić information content (AvgIpc) is 2.92. The number of benzene rings is 1. The first-order chi connectivity index (χ1) is 11.1. The summed E-state index contributed by atoms with van der Waals surface area (Å²) in [6.45, 7) is 5.90. The molecule has 6 heteroatoms. The van der Waals surface area contributed by atoms with Crippen LogP contribution < -0.4 is 5.43 Å². The van der Waals surface area contributed by atoms with Gasteiger partial charge in [0.2, 0.25) is 0 Å². The van der Waals surface area contributed by atoms with E-state index in [0.29, 0.717) is 11.6 Å². The van der Waals surface area contributed by atoms with E-state index in [-0.39, 0.29) is 0 Å².